The molecule has 0 saturated heterocycles. The summed E-state index contributed by atoms with van der Waals surface area (Å²) in [5.74, 6) is -1.77. The second-order valence-electron chi connectivity index (χ2n) is 6.87. The molecule has 0 saturated carbocycles. The molecule has 1 aliphatic heterocycles. The molecule has 0 fully saturated rings. The van der Waals surface area contributed by atoms with E-state index in [1.807, 2.05) is 30.5 Å². The number of aromatic nitrogens is 2. The van der Waals surface area contributed by atoms with Gasteiger partial charge in [-0.1, -0.05) is 18.2 Å². The third-order valence-corrected chi connectivity index (χ3v) is 5.89. The van der Waals surface area contributed by atoms with Crippen molar-refractivity contribution in [3.8, 4) is 0 Å². The number of furan rings is 1. The van der Waals surface area contributed by atoms with Gasteiger partial charge in [0.15, 0.2) is 16.7 Å². The molecule has 5 rings (SSSR count). The number of amides is 1. The quantitative estimate of drug-likeness (QED) is 0.495. The SMILES string of the molecule is Cc1csc(N2C(=O)C(O)=C(C(=O)c3cc4ccccc4o3)C2c2ccncc2)n1. The molecule has 4 heterocycles. The van der Waals surface area contributed by atoms with Crippen LogP contribution in [0.1, 0.15) is 27.9 Å². The van der Waals surface area contributed by atoms with Gasteiger partial charge in [0.25, 0.3) is 5.91 Å². The Bertz CT molecular complexity index is 1290. The van der Waals surface area contributed by atoms with E-state index in [0.29, 0.717) is 16.3 Å². The Kier molecular flexibility index (Phi) is 4.22. The highest BCUT2D eigenvalue weighted by atomic mass is 32.1. The van der Waals surface area contributed by atoms with Crippen LogP contribution >= 0.6 is 11.3 Å². The van der Waals surface area contributed by atoms with Crippen molar-refractivity contribution in [1.29, 1.82) is 0 Å². The van der Waals surface area contributed by atoms with Crippen molar-refractivity contribution in [1.82, 2.24) is 9.97 Å². The summed E-state index contributed by atoms with van der Waals surface area (Å²) in [6.07, 6.45) is 3.15. The van der Waals surface area contributed by atoms with E-state index in [0.717, 1.165) is 11.1 Å². The van der Waals surface area contributed by atoms with Crippen molar-refractivity contribution in [2.24, 2.45) is 0 Å². The van der Waals surface area contributed by atoms with Gasteiger partial charge in [-0.15, -0.1) is 11.3 Å². The Morgan fingerprint density at radius 1 is 1.20 bits per heavy atom. The Hall–Kier alpha value is -3.78. The van der Waals surface area contributed by atoms with Gasteiger partial charge >= 0.3 is 0 Å². The van der Waals surface area contributed by atoms with E-state index < -0.39 is 23.5 Å². The molecule has 7 nitrogen and oxygen atoms in total. The number of aliphatic hydroxyl groups excluding tert-OH is 1. The van der Waals surface area contributed by atoms with Crippen molar-refractivity contribution >= 4 is 39.1 Å². The van der Waals surface area contributed by atoms with E-state index in [1.165, 1.54) is 16.2 Å². The first-order valence-corrected chi connectivity index (χ1v) is 10.0. The van der Waals surface area contributed by atoms with Gasteiger partial charge in [0, 0.05) is 23.2 Å². The maximum Gasteiger partial charge on any atom is 0.296 e. The van der Waals surface area contributed by atoms with Gasteiger partial charge in [-0.05, 0) is 36.8 Å². The van der Waals surface area contributed by atoms with E-state index in [1.54, 1.807) is 36.7 Å². The zero-order valence-electron chi connectivity index (χ0n) is 15.8. The number of hydrogen-bond acceptors (Lipinski definition) is 7. The first-order chi connectivity index (χ1) is 14.5. The molecule has 0 radical (unpaired) electrons. The molecule has 1 amide bonds. The molecule has 3 aromatic heterocycles. The molecular formula is C22H15N3O4S. The number of benzene rings is 1. The van der Waals surface area contributed by atoms with Crippen molar-refractivity contribution in [2.75, 3.05) is 4.90 Å². The number of aryl methyl sites for hydroxylation is 1. The molecule has 1 aliphatic rings. The van der Waals surface area contributed by atoms with Crippen LogP contribution in [0, 0.1) is 6.92 Å². The average molecular weight is 417 g/mol. The molecule has 1 atom stereocenters. The second kappa shape index (κ2) is 6.93. The maximum atomic E-state index is 13.4. The fourth-order valence-electron chi connectivity index (χ4n) is 3.57. The largest absolute Gasteiger partial charge is 0.503 e. The van der Waals surface area contributed by atoms with Gasteiger partial charge < -0.3 is 9.52 Å². The summed E-state index contributed by atoms with van der Waals surface area (Å²) >= 11 is 1.27. The number of hydrogen-bond donors (Lipinski definition) is 1. The number of carbonyl (C=O) groups excluding carboxylic acids is 2. The standard InChI is InChI=1S/C22H15N3O4S/c1-12-11-30-22(24-12)25-18(13-6-8-23-9-7-13)17(20(27)21(25)28)19(26)16-10-14-4-2-3-5-15(14)29-16/h2-11,18,27H,1H3. The second-order valence-corrected chi connectivity index (χ2v) is 7.71. The number of para-hydroxylation sites is 1. The third-order valence-electron chi connectivity index (χ3n) is 4.94. The zero-order valence-corrected chi connectivity index (χ0v) is 16.6. The van der Waals surface area contributed by atoms with Gasteiger partial charge in [-0.25, -0.2) is 4.98 Å². The van der Waals surface area contributed by atoms with Crippen LogP contribution in [-0.2, 0) is 4.79 Å². The van der Waals surface area contributed by atoms with Crippen LogP contribution in [0.3, 0.4) is 0 Å². The molecule has 1 N–H and O–H groups in total. The first kappa shape index (κ1) is 18.3. The fraction of sp³-hybridized carbons (Fsp3) is 0.0909. The molecule has 1 unspecified atom stereocenters. The minimum atomic E-state index is -0.841. The molecular weight excluding hydrogens is 402 g/mol. The Balaban J connectivity index is 1.66. The van der Waals surface area contributed by atoms with E-state index in [-0.39, 0.29) is 11.3 Å². The fourth-order valence-corrected chi connectivity index (χ4v) is 4.40. The van der Waals surface area contributed by atoms with Crippen LogP contribution in [0.15, 0.2) is 76.0 Å². The predicted octanol–water partition coefficient (Wildman–Crippen LogP) is 4.38. The highest BCUT2D eigenvalue weighted by Gasteiger charge is 2.46. The number of fused-ring (bicyclic) bond motifs is 1. The van der Waals surface area contributed by atoms with Crippen molar-refractivity contribution in [2.45, 2.75) is 13.0 Å². The van der Waals surface area contributed by atoms with Crippen molar-refractivity contribution in [3.05, 3.63) is 88.6 Å². The van der Waals surface area contributed by atoms with Crippen molar-refractivity contribution < 1.29 is 19.1 Å². The third kappa shape index (κ3) is 2.81. The monoisotopic (exact) mass is 417 g/mol. The smallest absolute Gasteiger partial charge is 0.296 e. The maximum absolute atomic E-state index is 13.4. The molecule has 148 valence electrons. The number of aliphatic hydroxyl groups is 1. The van der Waals surface area contributed by atoms with E-state index in [2.05, 4.69) is 9.97 Å². The lowest BCUT2D eigenvalue weighted by atomic mass is 9.96. The van der Waals surface area contributed by atoms with Crippen molar-refractivity contribution in [3.63, 3.8) is 0 Å². The Morgan fingerprint density at radius 3 is 2.67 bits per heavy atom. The molecule has 0 aliphatic carbocycles. The van der Waals surface area contributed by atoms with Crippen LogP contribution in [0.25, 0.3) is 11.0 Å². The number of thiazole rings is 1. The summed E-state index contributed by atoms with van der Waals surface area (Å²) in [6, 6.07) is 11.4. The van der Waals surface area contributed by atoms with Crippen LogP contribution in [-0.4, -0.2) is 26.8 Å². The molecule has 1 aromatic carbocycles. The lowest BCUT2D eigenvalue weighted by Crippen LogP contribution is -2.31. The normalized spacial score (nSPS) is 16.6. The lowest BCUT2D eigenvalue weighted by molar-refractivity contribution is -0.117. The van der Waals surface area contributed by atoms with Gasteiger partial charge in [0.05, 0.1) is 17.3 Å². The average Bonchev–Trinajstić information content (AvgIpc) is 3.45. The molecule has 0 bridgehead atoms. The zero-order chi connectivity index (χ0) is 20.8. The molecule has 8 heteroatoms. The highest BCUT2D eigenvalue weighted by molar-refractivity contribution is 7.14. The number of anilines is 1. The summed E-state index contributed by atoms with van der Waals surface area (Å²) < 4.78 is 5.71. The lowest BCUT2D eigenvalue weighted by Gasteiger charge is -2.24. The Labute approximate surface area is 174 Å². The van der Waals surface area contributed by atoms with Gasteiger partial charge in [-0.3, -0.25) is 19.5 Å². The molecule has 4 aromatic rings. The molecule has 30 heavy (non-hydrogen) atoms. The predicted molar refractivity (Wildman–Crippen MR) is 112 cm³/mol. The van der Waals surface area contributed by atoms with Crippen LogP contribution < -0.4 is 4.90 Å². The summed E-state index contributed by atoms with van der Waals surface area (Å²) in [7, 11) is 0. The number of carbonyl (C=O) groups is 2. The number of nitrogens with zero attached hydrogens (tertiary/aromatic N) is 3. The van der Waals surface area contributed by atoms with E-state index in [9.17, 15) is 14.7 Å². The summed E-state index contributed by atoms with van der Waals surface area (Å²) in [6.45, 7) is 1.82. The van der Waals surface area contributed by atoms with Gasteiger partial charge in [-0.2, -0.15) is 0 Å². The first-order valence-electron chi connectivity index (χ1n) is 9.16. The number of rotatable bonds is 4. The van der Waals surface area contributed by atoms with Crippen LogP contribution in [0.5, 0.6) is 0 Å². The van der Waals surface area contributed by atoms with Crippen LogP contribution in [0.2, 0.25) is 0 Å². The highest BCUT2D eigenvalue weighted by Crippen LogP contribution is 2.43. The van der Waals surface area contributed by atoms with Gasteiger partial charge in [0.1, 0.15) is 5.58 Å². The summed E-state index contributed by atoms with van der Waals surface area (Å²) in [5, 5.41) is 13.7. The summed E-state index contributed by atoms with van der Waals surface area (Å²) in [4.78, 5) is 36.2. The summed E-state index contributed by atoms with van der Waals surface area (Å²) in [5.41, 5.74) is 1.89. The minimum Gasteiger partial charge on any atom is -0.503 e. The topological polar surface area (TPSA) is 96.5 Å². The number of ketones is 1. The van der Waals surface area contributed by atoms with Gasteiger partial charge in [0.2, 0.25) is 5.78 Å². The van der Waals surface area contributed by atoms with E-state index in [4.69, 9.17) is 4.42 Å². The van der Waals surface area contributed by atoms with E-state index >= 15 is 0 Å². The van der Waals surface area contributed by atoms with Crippen LogP contribution in [0.4, 0.5) is 5.13 Å². The number of Topliss-reactive ketones (excluding diaryl/α,β-unsaturated/α-hetero) is 1. The molecule has 0 spiro atoms. The Morgan fingerprint density at radius 2 is 1.97 bits per heavy atom. The minimum absolute atomic E-state index is 0.0434. The number of pyridine rings is 1.